The summed E-state index contributed by atoms with van der Waals surface area (Å²) in [6.45, 7) is 0. The number of carbonyl (C=O) groups excluding carboxylic acids is 1. The molecule has 0 bridgehead atoms. The van der Waals surface area contributed by atoms with Crippen LogP contribution in [0.25, 0.3) is 6.08 Å². The number of hydrogen-bond donors (Lipinski definition) is 1. The molecular formula is C14H11ClN2O2. The number of halogens is 1. The molecular weight excluding hydrogens is 264 g/mol. The number of rotatable bonds is 3. The molecule has 0 atom stereocenters. The van der Waals surface area contributed by atoms with Gasteiger partial charge in [0.25, 0.3) is 5.91 Å². The molecule has 1 heterocycles. The minimum atomic E-state index is -0.175. The van der Waals surface area contributed by atoms with E-state index in [1.165, 1.54) is 23.0 Å². The minimum absolute atomic E-state index is 0.0460. The van der Waals surface area contributed by atoms with Crippen LogP contribution in [0.5, 0.6) is 5.75 Å². The molecule has 96 valence electrons. The van der Waals surface area contributed by atoms with Gasteiger partial charge in [0, 0.05) is 18.5 Å². The molecule has 0 saturated carbocycles. The number of phenols is 1. The molecule has 0 amide bonds. The molecule has 1 aromatic heterocycles. The lowest BCUT2D eigenvalue weighted by molar-refractivity contribution is 0.0968. The monoisotopic (exact) mass is 274 g/mol. The Labute approximate surface area is 115 Å². The predicted molar refractivity (Wildman–Crippen MR) is 74.1 cm³/mol. The third-order valence-electron chi connectivity index (χ3n) is 2.37. The quantitative estimate of drug-likeness (QED) is 0.691. The molecule has 0 spiro atoms. The van der Waals surface area contributed by atoms with Crippen molar-refractivity contribution in [3.63, 3.8) is 0 Å². The summed E-state index contributed by atoms with van der Waals surface area (Å²) in [5.74, 6) is -0.129. The van der Waals surface area contributed by atoms with Crippen molar-refractivity contribution in [2.24, 2.45) is 0 Å². The van der Waals surface area contributed by atoms with Crippen molar-refractivity contribution in [3.05, 3.63) is 65.7 Å². The summed E-state index contributed by atoms with van der Waals surface area (Å²) in [5.41, 5.74) is 0.836. The molecule has 2 rings (SSSR count). The molecule has 0 aliphatic rings. The largest absolute Gasteiger partial charge is 0.506 e. The molecule has 1 N–H and O–H groups in total. The molecule has 0 saturated heterocycles. The summed E-state index contributed by atoms with van der Waals surface area (Å²) >= 11 is 5.78. The van der Waals surface area contributed by atoms with Crippen LogP contribution in [0, 0.1) is 0 Å². The number of hydrogen-bond acceptors (Lipinski definition) is 3. The van der Waals surface area contributed by atoms with Gasteiger partial charge in [0.2, 0.25) is 0 Å². The summed E-state index contributed by atoms with van der Waals surface area (Å²) in [4.78, 5) is 15.4. The maximum absolute atomic E-state index is 11.6. The summed E-state index contributed by atoms with van der Waals surface area (Å²) in [5, 5.41) is 9.56. The maximum Gasteiger partial charge on any atom is 0.255 e. The highest BCUT2D eigenvalue weighted by Crippen LogP contribution is 2.24. The summed E-state index contributed by atoms with van der Waals surface area (Å²) in [6, 6.07) is 4.88. The molecule has 2 aromatic rings. The van der Waals surface area contributed by atoms with Crippen molar-refractivity contribution in [1.82, 2.24) is 9.55 Å². The Hall–Kier alpha value is -2.33. The molecule has 1 aromatic carbocycles. The number of aromatic hydroxyl groups is 1. The van der Waals surface area contributed by atoms with Crippen molar-refractivity contribution in [1.29, 1.82) is 0 Å². The van der Waals surface area contributed by atoms with Crippen molar-refractivity contribution in [2.45, 2.75) is 0 Å². The number of allylic oxidation sites excluding steroid dienone is 3. The summed E-state index contributed by atoms with van der Waals surface area (Å²) in [7, 11) is 0. The van der Waals surface area contributed by atoms with Gasteiger partial charge in [-0.25, -0.2) is 4.98 Å². The van der Waals surface area contributed by atoms with Gasteiger partial charge in [-0.05, 0) is 17.7 Å². The highest BCUT2D eigenvalue weighted by atomic mass is 35.5. The molecule has 0 unspecified atom stereocenters. The Morgan fingerprint density at radius 1 is 1.37 bits per heavy atom. The Balaban J connectivity index is 1.99. The van der Waals surface area contributed by atoms with E-state index in [0.717, 1.165) is 5.56 Å². The van der Waals surface area contributed by atoms with E-state index in [1.54, 1.807) is 42.8 Å². The lowest BCUT2D eigenvalue weighted by Gasteiger charge is -1.97. The van der Waals surface area contributed by atoms with Crippen LogP contribution in [0.2, 0.25) is 5.02 Å². The zero-order valence-corrected chi connectivity index (χ0v) is 10.7. The third kappa shape index (κ3) is 3.56. The fraction of sp³-hybridized carbons (Fsp3) is 0. The topological polar surface area (TPSA) is 55.1 Å². The number of nitrogens with zero attached hydrogens (tertiary/aromatic N) is 2. The smallest absolute Gasteiger partial charge is 0.255 e. The zero-order valence-electron chi connectivity index (χ0n) is 9.90. The fourth-order valence-electron chi connectivity index (χ4n) is 1.41. The van der Waals surface area contributed by atoms with Crippen LogP contribution in [-0.4, -0.2) is 20.6 Å². The molecule has 19 heavy (non-hydrogen) atoms. The van der Waals surface area contributed by atoms with E-state index in [1.807, 2.05) is 0 Å². The number of carbonyl (C=O) groups is 1. The van der Waals surface area contributed by atoms with Crippen molar-refractivity contribution >= 4 is 23.6 Å². The molecule has 4 nitrogen and oxygen atoms in total. The van der Waals surface area contributed by atoms with Gasteiger partial charge in [0.05, 0.1) is 5.02 Å². The highest BCUT2D eigenvalue weighted by Gasteiger charge is 1.97. The molecule has 0 aliphatic heterocycles. The second kappa shape index (κ2) is 6.02. The van der Waals surface area contributed by atoms with Gasteiger partial charge >= 0.3 is 0 Å². The molecule has 0 radical (unpaired) electrons. The molecule has 0 fully saturated rings. The first-order valence-electron chi connectivity index (χ1n) is 5.52. The first-order chi connectivity index (χ1) is 9.16. The second-order valence-corrected chi connectivity index (χ2v) is 4.14. The van der Waals surface area contributed by atoms with E-state index in [9.17, 15) is 9.90 Å². The van der Waals surface area contributed by atoms with Crippen LogP contribution >= 0.6 is 11.6 Å². The minimum Gasteiger partial charge on any atom is -0.506 e. The Morgan fingerprint density at radius 3 is 2.89 bits per heavy atom. The van der Waals surface area contributed by atoms with Crippen LogP contribution in [0.15, 0.2) is 55.1 Å². The molecule has 0 aliphatic carbocycles. The number of imidazole rings is 1. The van der Waals surface area contributed by atoms with Crippen molar-refractivity contribution in [3.8, 4) is 5.75 Å². The predicted octanol–water partition coefficient (Wildman–Crippen LogP) is 3.15. The lowest BCUT2D eigenvalue weighted by atomic mass is 10.2. The average Bonchev–Trinajstić information content (AvgIpc) is 2.92. The average molecular weight is 275 g/mol. The van der Waals surface area contributed by atoms with Crippen LogP contribution in [0.1, 0.15) is 10.4 Å². The lowest BCUT2D eigenvalue weighted by Crippen LogP contribution is -2.03. The summed E-state index contributed by atoms with van der Waals surface area (Å²) < 4.78 is 1.38. The van der Waals surface area contributed by atoms with E-state index in [0.29, 0.717) is 5.02 Å². The maximum atomic E-state index is 11.6. The first kappa shape index (κ1) is 13.1. The SMILES string of the molecule is O=C(/C=C/C=C/c1ccc(O)c(Cl)c1)n1ccnc1. The first-order valence-corrected chi connectivity index (χ1v) is 5.90. The fourth-order valence-corrected chi connectivity index (χ4v) is 1.60. The van der Waals surface area contributed by atoms with E-state index in [4.69, 9.17) is 11.6 Å². The Morgan fingerprint density at radius 2 is 2.21 bits per heavy atom. The van der Waals surface area contributed by atoms with Crippen molar-refractivity contribution < 1.29 is 9.90 Å². The molecule has 5 heteroatoms. The Bertz CT molecular complexity index is 631. The number of aromatic nitrogens is 2. The highest BCUT2D eigenvalue weighted by molar-refractivity contribution is 6.32. The second-order valence-electron chi connectivity index (χ2n) is 3.74. The van der Waals surface area contributed by atoms with Crippen LogP contribution < -0.4 is 0 Å². The zero-order chi connectivity index (χ0) is 13.7. The Kier molecular flexibility index (Phi) is 4.15. The van der Waals surface area contributed by atoms with E-state index >= 15 is 0 Å². The van der Waals surface area contributed by atoms with Crippen LogP contribution in [0.4, 0.5) is 0 Å². The van der Waals surface area contributed by atoms with Gasteiger partial charge in [-0.2, -0.15) is 0 Å². The number of phenolic OH excluding ortho intramolecular Hbond substituents is 1. The van der Waals surface area contributed by atoms with E-state index < -0.39 is 0 Å². The van der Waals surface area contributed by atoms with Gasteiger partial charge in [-0.3, -0.25) is 9.36 Å². The standard InChI is InChI=1S/C14H11ClN2O2/c15-12-9-11(5-6-13(12)18)3-1-2-4-14(19)17-8-7-16-10-17/h1-10,18H/b3-1+,4-2+. The van der Waals surface area contributed by atoms with Crippen LogP contribution in [-0.2, 0) is 0 Å². The number of benzene rings is 1. The van der Waals surface area contributed by atoms with Gasteiger partial charge in [0.1, 0.15) is 12.1 Å². The summed E-state index contributed by atoms with van der Waals surface area (Å²) in [6.07, 6.45) is 11.1. The van der Waals surface area contributed by atoms with E-state index in [-0.39, 0.29) is 11.7 Å². The third-order valence-corrected chi connectivity index (χ3v) is 2.67. The van der Waals surface area contributed by atoms with Crippen molar-refractivity contribution in [2.75, 3.05) is 0 Å². The van der Waals surface area contributed by atoms with Gasteiger partial charge in [0.15, 0.2) is 0 Å². The van der Waals surface area contributed by atoms with Gasteiger partial charge in [-0.1, -0.05) is 35.9 Å². The van der Waals surface area contributed by atoms with Gasteiger partial charge in [-0.15, -0.1) is 0 Å². The van der Waals surface area contributed by atoms with E-state index in [2.05, 4.69) is 4.98 Å². The normalized spacial score (nSPS) is 11.4. The van der Waals surface area contributed by atoms with Crippen LogP contribution in [0.3, 0.4) is 0 Å². The van der Waals surface area contributed by atoms with Gasteiger partial charge < -0.3 is 5.11 Å².